The van der Waals surface area contributed by atoms with E-state index < -0.39 is 0 Å². The van der Waals surface area contributed by atoms with Gasteiger partial charge in [0.2, 0.25) is 0 Å². The van der Waals surface area contributed by atoms with Crippen LogP contribution in [0.5, 0.6) is 5.75 Å². The Balaban J connectivity index is 2.43. The third-order valence-electron chi connectivity index (χ3n) is 2.83. The molecule has 0 bridgehead atoms. The van der Waals surface area contributed by atoms with E-state index in [4.69, 9.17) is 4.74 Å². The molecule has 0 saturated carbocycles. The fourth-order valence-corrected chi connectivity index (χ4v) is 1.69. The smallest absolute Gasteiger partial charge is 0.119 e. The fraction of sp³-hybridized carbons (Fsp3) is 0.600. The second-order valence-electron chi connectivity index (χ2n) is 4.45. The third kappa shape index (κ3) is 5.22. The van der Waals surface area contributed by atoms with Crippen molar-refractivity contribution in [3.8, 4) is 5.75 Å². The molecule has 1 rings (SSSR count). The van der Waals surface area contributed by atoms with Crippen molar-refractivity contribution in [2.24, 2.45) is 0 Å². The van der Waals surface area contributed by atoms with Crippen molar-refractivity contribution in [3.63, 3.8) is 0 Å². The van der Waals surface area contributed by atoms with E-state index in [2.05, 4.69) is 50.4 Å². The second kappa shape index (κ2) is 8.13. The second-order valence-corrected chi connectivity index (χ2v) is 4.45. The van der Waals surface area contributed by atoms with Crippen LogP contribution in [0.15, 0.2) is 24.3 Å². The lowest BCUT2D eigenvalue weighted by atomic mass is 10.1. The standard InChI is InChI=1S/C15H25NO/c1-4-6-11-16-13(3)14-7-9-15(10-8-14)17-12-5-2/h7-10,13,16H,4-6,11-12H2,1-3H3. The zero-order valence-electron chi connectivity index (χ0n) is 11.3. The van der Waals surface area contributed by atoms with Gasteiger partial charge in [-0.15, -0.1) is 0 Å². The summed E-state index contributed by atoms with van der Waals surface area (Å²) in [5.41, 5.74) is 1.32. The summed E-state index contributed by atoms with van der Waals surface area (Å²) in [6.07, 6.45) is 3.53. The lowest BCUT2D eigenvalue weighted by Crippen LogP contribution is -2.19. The van der Waals surface area contributed by atoms with Crippen molar-refractivity contribution >= 4 is 0 Å². The Hall–Kier alpha value is -1.02. The summed E-state index contributed by atoms with van der Waals surface area (Å²) >= 11 is 0. The molecule has 1 atom stereocenters. The molecule has 2 nitrogen and oxygen atoms in total. The molecule has 0 aromatic heterocycles. The zero-order chi connectivity index (χ0) is 12.5. The van der Waals surface area contributed by atoms with Crippen molar-refractivity contribution in [1.82, 2.24) is 5.32 Å². The van der Waals surface area contributed by atoms with E-state index in [1.807, 2.05) is 0 Å². The minimum absolute atomic E-state index is 0.418. The Morgan fingerprint density at radius 3 is 2.41 bits per heavy atom. The van der Waals surface area contributed by atoms with Crippen LogP contribution >= 0.6 is 0 Å². The number of benzene rings is 1. The van der Waals surface area contributed by atoms with Gasteiger partial charge >= 0.3 is 0 Å². The summed E-state index contributed by atoms with van der Waals surface area (Å²) in [6, 6.07) is 8.83. The van der Waals surface area contributed by atoms with Crippen LogP contribution in [-0.2, 0) is 0 Å². The van der Waals surface area contributed by atoms with Crippen LogP contribution in [-0.4, -0.2) is 13.2 Å². The molecule has 0 aliphatic heterocycles. The minimum atomic E-state index is 0.418. The first-order valence-corrected chi connectivity index (χ1v) is 6.74. The first-order chi connectivity index (χ1) is 8.27. The minimum Gasteiger partial charge on any atom is -0.494 e. The maximum atomic E-state index is 5.57. The molecule has 0 aliphatic rings. The lowest BCUT2D eigenvalue weighted by molar-refractivity contribution is 0.317. The molecule has 0 saturated heterocycles. The normalized spacial score (nSPS) is 12.4. The molecule has 0 spiro atoms. The van der Waals surface area contributed by atoms with Crippen LogP contribution in [0.3, 0.4) is 0 Å². The highest BCUT2D eigenvalue weighted by Gasteiger charge is 2.03. The average molecular weight is 235 g/mol. The van der Waals surface area contributed by atoms with Gasteiger partial charge in [-0.25, -0.2) is 0 Å². The molecule has 17 heavy (non-hydrogen) atoms. The fourth-order valence-electron chi connectivity index (χ4n) is 1.69. The summed E-state index contributed by atoms with van der Waals surface area (Å²) in [7, 11) is 0. The van der Waals surface area contributed by atoms with Crippen LogP contribution in [0.1, 0.15) is 51.6 Å². The van der Waals surface area contributed by atoms with Gasteiger partial charge < -0.3 is 10.1 Å². The predicted octanol–water partition coefficient (Wildman–Crippen LogP) is 3.93. The van der Waals surface area contributed by atoms with E-state index in [0.29, 0.717) is 6.04 Å². The van der Waals surface area contributed by atoms with Gasteiger partial charge in [-0.3, -0.25) is 0 Å². The first-order valence-electron chi connectivity index (χ1n) is 6.74. The lowest BCUT2D eigenvalue weighted by Gasteiger charge is -2.14. The van der Waals surface area contributed by atoms with E-state index in [9.17, 15) is 0 Å². The highest BCUT2D eigenvalue weighted by molar-refractivity contribution is 5.28. The van der Waals surface area contributed by atoms with E-state index in [0.717, 1.165) is 25.3 Å². The molecule has 0 heterocycles. The van der Waals surface area contributed by atoms with Crippen LogP contribution < -0.4 is 10.1 Å². The van der Waals surface area contributed by atoms with Gasteiger partial charge in [-0.1, -0.05) is 32.4 Å². The Bertz CT molecular complexity index is 294. The molecule has 96 valence electrons. The molecule has 1 unspecified atom stereocenters. The van der Waals surface area contributed by atoms with Gasteiger partial charge in [0.15, 0.2) is 0 Å². The molecular formula is C15H25NO. The zero-order valence-corrected chi connectivity index (χ0v) is 11.3. The monoisotopic (exact) mass is 235 g/mol. The van der Waals surface area contributed by atoms with Gasteiger partial charge in [0.25, 0.3) is 0 Å². The predicted molar refractivity (Wildman–Crippen MR) is 73.6 cm³/mol. The molecule has 1 aromatic rings. The van der Waals surface area contributed by atoms with Crippen LogP contribution in [0, 0.1) is 0 Å². The van der Waals surface area contributed by atoms with Crippen LogP contribution in [0.4, 0.5) is 0 Å². The topological polar surface area (TPSA) is 21.3 Å². The quantitative estimate of drug-likeness (QED) is 0.689. The van der Waals surface area contributed by atoms with Gasteiger partial charge in [-0.05, 0) is 44.0 Å². The molecule has 0 amide bonds. The Labute approximate surface area is 105 Å². The van der Waals surface area contributed by atoms with Crippen molar-refractivity contribution < 1.29 is 4.74 Å². The van der Waals surface area contributed by atoms with Crippen molar-refractivity contribution in [1.29, 1.82) is 0 Å². The van der Waals surface area contributed by atoms with Gasteiger partial charge in [0, 0.05) is 6.04 Å². The SMILES string of the molecule is CCCCNC(C)c1ccc(OCCC)cc1. The van der Waals surface area contributed by atoms with E-state index in [1.54, 1.807) is 0 Å². The largest absolute Gasteiger partial charge is 0.494 e. The number of rotatable bonds is 8. The maximum absolute atomic E-state index is 5.57. The highest BCUT2D eigenvalue weighted by atomic mass is 16.5. The number of ether oxygens (including phenoxy) is 1. The Morgan fingerprint density at radius 2 is 1.82 bits per heavy atom. The average Bonchev–Trinajstić information content (AvgIpc) is 2.37. The number of hydrogen-bond acceptors (Lipinski definition) is 2. The molecular weight excluding hydrogens is 210 g/mol. The number of nitrogens with one attached hydrogen (secondary N) is 1. The molecule has 1 aromatic carbocycles. The van der Waals surface area contributed by atoms with Crippen LogP contribution in [0.25, 0.3) is 0 Å². The third-order valence-corrected chi connectivity index (χ3v) is 2.83. The van der Waals surface area contributed by atoms with Gasteiger partial charge in [0.05, 0.1) is 6.61 Å². The number of hydrogen-bond donors (Lipinski definition) is 1. The van der Waals surface area contributed by atoms with Crippen molar-refractivity contribution in [2.45, 2.75) is 46.1 Å². The molecule has 0 radical (unpaired) electrons. The highest BCUT2D eigenvalue weighted by Crippen LogP contribution is 2.17. The van der Waals surface area contributed by atoms with Gasteiger partial charge in [0.1, 0.15) is 5.75 Å². The Kier molecular flexibility index (Phi) is 6.71. The maximum Gasteiger partial charge on any atom is 0.119 e. The van der Waals surface area contributed by atoms with Crippen LogP contribution in [0.2, 0.25) is 0 Å². The van der Waals surface area contributed by atoms with Crippen molar-refractivity contribution in [2.75, 3.05) is 13.2 Å². The molecule has 0 fully saturated rings. The Morgan fingerprint density at radius 1 is 1.12 bits per heavy atom. The van der Waals surface area contributed by atoms with E-state index >= 15 is 0 Å². The van der Waals surface area contributed by atoms with Crippen molar-refractivity contribution in [3.05, 3.63) is 29.8 Å². The molecule has 1 N–H and O–H groups in total. The number of unbranched alkanes of at least 4 members (excludes halogenated alkanes) is 1. The summed E-state index contributed by atoms with van der Waals surface area (Å²) in [5, 5.41) is 3.52. The van der Waals surface area contributed by atoms with E-state index in [1.165, 1.54) is 18.4 Å². The van der Waals surface area contributed by atoms with Gasteiger partial charge in [-0.2, -0.15) is 0 Å². The summed E-state index contributed by atoms with van der Waals surface area (Å²) in [4.78, 5) is 0. The van der Waals surface area contributed by atoms with E-state index in [-0.39, 0.29) is 0 Å². The molecule has 2 heteroatoms. The first kappa shape index (κ1) is 14.0. The summed E-state index contributed by atoms with van der Waals surface area (Å²) in [6.45, 7) is 8.42. The summed E-state index contributed by atoms with van der Waals surface area (Å²) in [5.74, 6) is 0.969. The summed E-state index contributed by atoms with van der Waals surface area (Å²) < 4.78 is 5.57. The molecule has 0 aliphatic carbocycles.